The fraction of sp³-hybridized carbons (Fsp3) is 0.182. The van der Waals surface area contributed by atoms with Crippen LogP contribution in [0.4, 0.5) is 5.82 Å². The number of hydrogen-bond donors (Lipinski definition) is 1. The third kappa shape index (κ3) is 4.14. The van der Waals surface area contributed by atoms with Gasteiger partial charge in [-0.15, -0.1) is 0 Å². The van der Waals surface area contributed by atoms with Gasteiger partial charge in [0.25, 0.3) is 11.8 Å². The van der Waals surface area contributed by atoms with Crippen LogP contribution in [0.25, 0.3) is 0 Å². The van der Waals surface area contributed by atoms with Crippen LogP contribution in [0.3, 0.4) is 0 Å². The highest BCUT2D eigenvalue weighted by Gasteiger charge is 2.37. The largest absolute Gasteiger partial charge is 0.344 e. The van der Waals surface area contributed by atoms with Gasteiger partial charge in [0.1, 0.15) is 6.61 Å². The molecular formula is C22H20N4O3. The highest BCUT2D eigenvalue weighted by molar-refractivity contribution is 5.99. The van der Waals surface area contributed by atoms with E-state index in [-0.39, 0.29) is 18.4 Å². The Balaban J connectivity index is 1.53. The molecule has 1 aliphatic rings. The monoisotopic (exact) mass is 388 g/mol. The van der Waals surface area contributed by atoms with Crippen LogP contribution in [0.1, 0.15) is 33.3 Å². The Kier molecular flexibility index (Phi) is 5.31. The van der Waals surface area contributed by atoms with E-state index >= 15 is 0 Å². The number of benzene rings is 2. The molecule has 0 fully saturated rings. The van der Waals surface area contributed by atoms with Crippen LogP contribution in [0.2, 0.25) is 0 Å². The summed E-state index contributed by atoms with van der Waals surface area (Å²) in [4.78, 5) is 34.8. The number of amides is 2. The van der Waals surface area contributed by atoms with Crippen molar-refractivity contribution in [3.63, 3.8) is 0 Å². The Morgan fingerprint density at radius 2 is 2.00 bits per heavy atom. The van der Waals surface area contributed by atoms with E-state index in [1.165, 1.54) is 18.6 Å². The molecule has 1 aromatic heterocycles. The highest BCUT2D eigenvalue weighted by atomic mass is 16.5. The molecule has 0 saturated carbocycles. The van der Waals surface area contributed by atoms with Crippen LogP contribution in [0, 0.1) is 6.92 Å². The number of ether oxygens (including phenoxy) is 1. The van der Waals surface area contributed by atoms with Crippen LogP contribution in [-0.2, 0) is 16.1 Å². The first-order valence-corrected chi connectivity index (χ1v) is 9.25. The average molecular weight is 388 g/mol. The molecule has 1 N–H and O–H groups in total. The van der Waals surface area contributed by atoms with Gasteiger partial charge in [-0.05, 0) is 18.6 Å². The van der Waals surface area contributed by atoms with Crippen LogP contribution < -0.4 is 5.32 Å². The minimum Gasteiger partial charge on any atom is -0.344 e. The van der Waals surface area contributed by atoms with Crippen LogP contribution >= 0.6 is 0 Å². The number of nitrogens with one attached hydrogen (secondary N) is 1. The highest BCUT2D eigenvalue weighted by Crippen LogP contribution is 2.36. The minimum atomic E-state index is -0.634. The van der Waals surface area contributed by atoms with Crippen molar-refractivity contribution in [2.75, 3.05) is 11.9 Å². The van der Waals surface area contributed by atoms with Crippen molar-refractivity contribution in [2.24, 2.45) is 0 Å². The number of hydrogen-bond acceptors (Lipinski definition) is 5. The van der Waals surface area contributed by atoms with Crippen molar-refractivity contribution in [3.8, 4) is 0 Å². The quantitative estimate of drug-likeness (QED) is 0.701. The van der Waals surface area contributed by atoms with Gasteiger partial charge in [-0.2, -0.15) is 0 Å². The SMILES string of the molecule is Cc1ccc2c(c1)C(OCC(=O)Nc1cnccn1)N(Cc1ccccc1)C2=O. The molecule has 0 aliphatic carbocycles. The average Bonchev–Trinajstić information content (AvgIpc) is 2.98. The minimum absolute atomic E-state index is 0.108. The zero-order valence-electron chi connectivity index (χ0n) is 15.9. The fourth-order valence-electron chi connectivity index (χ4n) is 3.32. The molecule has 0 spiro atoms. The number of aromatic nitrogens is 2. The van der Waals surface area contributed by atoms with Crippen LogP contribution in [-0.4, -0.2) is 33.3 Å². The molecule has 7 heteroatoms. The molecule has 2 heterocycles. The molecule has 146 valence electrons. The van der Waals surface area contributed by atoms with Gasteiger partial charge in [0, 0.05) is 30.1 Å². The predicted octanol–water partition coefficient (Wildman–Crippen LogP) is 3.09. The lowest BCUT2D eigenvalue weighted by Crippen LogP contribution is -2.31. The number of rotatable bonds is 6. The molecule has 2 amide bonds. The number of nitrogens with zero attached hydrogens (tertiary/aromatic N) is 3. The molecule has 4 rings (SSSR count). The van der Waals surface area contributed by atoms with Gasteiger partial charge in [0.2, 0.25) is 0 Å². The second kappa shape index (κ2) is 8.20. The van der Waals surface area contributed by atoms with E-state index in [9.17, 15) is 9.59 Å². The van der Waals surface area contributed by atoms with E-state index in [0.29, 0.717) is 17.9 Å². The summed E-state index contributed by atoms with van der Waals surface area (Å²) in [5.41, 5.74) is 3.39. The van der Waals surface area contributed by atoms with Gasteiger partial charge in [0.15, 0.2) is 12.0 Å². The summed E-state index contributed by atoms with van der Waals surface area (Å²) >= 11 is 0. The van der Waals surface area contributed by atoms with Crippen molar-refractivity contribution < 1.29 is 14.3 Å². The molecule has 29 heavy (non-hydrogen) atoms. The van der Waals surface area contributed by atoms with Gasteiger partial charge in [-0.25, -0.2) is 4.98 Å². The van der Waals surface area contributed by atoms with E-state index in [4.69, 9.17) is 4.74 Å². The number of anilines is 1. The van der Waals surface area contributed by atoms with E-state index in [0.717, 1.165) is 16.7 Å². The maximum atomic E-state index is 13.0. The lowest BCUT2D eigenvalue weighted by molar-refractivity contribution is -0.126. The second-order valence-electron chi connectivity index (χ2n) is 6.81. The zero-order chi connectivity index (χ0) is 20.2. The predicted molar refractivity (Wildman–Crippen MR) is 107 cm³/mol. The Morgan fingerprint density at radius 1 is 1.17 bits per heavy atom. The molecule has 0 bridgehead atoms. The van der Waals surface area contributed by atoms with E-state index in [1.807, 2.05) is 55.5 Å². The molecule has 0 radical (unpaired) electrons. The Labute approximate surface area is 168 Å². The van der Waals surface area contributed by atoms with Crippen molar-refractivity contribution >= 4 is 17.6 Å². The number of aryl methyl sites for hydroxylation is 1. The normalized spacial score (nSPS) is 15.3. The van der Waals surface area contributed by atoms with E-state index in [1.54, 1.807) is 4.90 Å². The van der Waals surface area contributed by atoms with E-state index < -0.39 is 6.23 Å². The van der Waals surface area contributed by atoms with Gasteiger partial charge >= 0.3 is 0 Å². The summed E-state index contributed by atoms with van der Waals surface area (Å²) in [6.45, 7) is 2.14. The molecule has 1 unspecified atom stereocenters. The number of fused-ring (bicyclic) bond motifs is 1. The van der Waals surface area contributed by atoms with Crippen LogP contribution in [0.15, 0.2) is 67.1 Å². The Hall–Kier alpha value is -3.58. The van der Waals surface area contributed by atoms with Crippen molar-refractivity contribution in [1.82, 2.24) is 14.9 Å². The summed E-state index contributed by atoms with van der Waals surface area (Å²) in [6.07, 6.45) is 3.84. The summed E-state index contributed by atoms with van der Waals surface area (Å²) in [5, 5.41) is 2.64. The fourth-order valence-corrected chi connectivity index (χ4v) is 3.32. The first kappa shape index (κ1) is 18.8. The zero-order valence-corrected chi connectivity index (χ0v) is 15.9. The van der Waals surface area contributed by atoms with Gasteiger partial charge < -0.3 is 15.0 Å². The van der Waals surface area contributed by atoms with Crippen LogP contribution in [0.5, 0.6) is 0 Å². The van der Waals surface area contributed by atoms with Crippen molar-refractivity contribution in [1.29, 1.82) is 0 Å². The number of carbonyl (C=O) groups excluding carboxylic acids is 2. The summed E-state index contributed by atoms with van der Waals surface area (Å²) in [6, 6.07) is 15.4. The molecule has 2 aromatic carbocycles. The number of carbonyl (C=O) groups is 2. The first-order valence-electron chi connectivity index (χ1n) is 9.25. The Bertz CT molecular complexity index is 1020. The van der Waals surface area contributed by atoms with Gasteiger partial charge in [-0.3, -0.25) is 14.6 Å². The van der Waals surface area contributed by atoms with E-state index in [2.05, 4.69) is 15.3 Å². The molecule has 1 aliphatic heterocycles. The maximum absolute atomic E-state index is 13.0. The molecule has 7 nitrogen and oxygen atoms in total. The topological polar surface area (TPSA) is 84.4 Å². The third-order valence-corrected chi connectivity index (χ3v) is 4.65. The summed E-state index contributed by atoms with van der Waals surface area (Å²) < 4.78 is 5.92. The van der Waals surface area contributed by atoms with Crippen molar-refractivity contribution in [3.05, 3.63) is 89.4 Å². The lowest BCUT2D eigenvalue weighted by atomic mass is 10.1. The smallest absolute Gasteiger partial charge is 0.256 e. The van der Waals surface area contributed by atoms with Gasteiger partial charge in [-0.1, -0.05) is 48.0 Å². The standard InChI is InChI=1S/C22H20N4O3/c1-15-7-8-17-18(11-15)22(26(21(17)28)13-16-5-3-2-4-6-16)29-14-20(27)25-19-12-23-9-10-24-19/h2-12,22H,13-14H2,1H3,(H,24,25,27). The molecule has 3 aromatic rings. The summed E-state index contributed by atoms with van der Waals surface area (Å²) in [5.74, 6) is -0.122. The lowest BCUT2D eigenvalue weighted by Gasteiger charge is -2.25. The molecule has 1 atom stereocenters. The second-order valence-corrected chi connectivity index (χ2v) is 6.81. The third-order valence-electron chi connectivity index (χ3n) is 4.65. The maximum Gasteiger partial charge on any atom is 0.256 e. The van der Waals surface area contributed by atoms with Gasteiger partial charge in [0.05, 0.1) is 6.20 Å². The summed E-state index contributed by atoms with van der Waals surface area (Å²) in [7, 11) is 0. The Morgan fingerprint density at radius 3 is 2.76 bits per heavy atom. The first-order chi connectivity index (χ1) is 14.1. The molecular weight excluding hydrogens is 368 g/mol. The van der Waals surface area contributed by atoms with Crippen molar-refractivity contribution in [2.45, 2.75) is 19.7 Å². The molecule has 0 saturated heterocycles.